The summed E-state index contributed by atoms with van der Waals surface area (Å²) >= 11 is 0. The van der Waals surface area contributed by atoms with Crippen molar-refractivity contribution in [2.24, 2.45) is 11.7 Å². The summed E-state index contributed by atoms with van der Waals surface area (Å²) in [7, 11) is 1.78. The molecule has 0 aromatic carbocycles. The highest BCUT2D eigenvalue weighted by Crippen LogP contribution is 2.11. The molecule has 0 saturated carbocycles. The molecule has 102 valence electrons. The van der Waals surface area contributed by atoms with Gasteiger partial charge in [-0.3, -0.25) is 4.79 Å². The van der Waals surface area contributed by atoms with Gasteiger partial charge in [-0.15, -0.1) is 0 Å². The van der Waals surface area contributed by atoms with Gasteiger partial charge >= 0.3 is 0 Å². The van der Waals surface area contributed by atoms with E-state index in [-0.39, 0.29) is 11.9 Å². The number of furan rings is 1. The van der Waals surface area contributed by atoms with Crippen molar-refractivity contribution in [1.29, 1.82) is 0 Å². The van der Waals surface area contributed by atoms with E-state index in [4.69, 9.17) is 10.2 Å². The average molecular weight is 252 g/mol. The van der Waals surface area contributed by atoms with Crippen LogP contribution < -0.4 is 5.73 Å². The lowest BCUT2D eigenvalue weighted by molar-refractivity contribution is 0.0756. The first kappa shape index (κ1) is 14.8. The summed E-state index contributed by atoms with van der Waals surface area (Å²) in [5.41, 5.74) is 5.97. The molecule has 0 fully saturated rings. The Hall–Kier alpha value is -1.29. The van der Waals surface area contributed by atoms with Gasteiger partial charge in [-0.1, -0.05) is 20.8 Å². The minimum atomic E-state index is -0.0781. The molecule has 0 bridgehead atoms. The van der Waals surface area contributed by atoms with Gasteiger partial charge in [0, 0.05) is 26.1 Å². The van der Waals surface area contributed by atoms with Gasteiger partial charge in [0.2, 0.25) is 0 Å². The van der Waals surface area contributed by atoms with E-state index in [2.05, 4.69) is 13.8 Å². The van der Waals surface area contributed by atoms with E-state index in [9.17, 15) is 4.79 Å². The lowest BCUT2D eigenvalue weighted by atomic mass is 10.0. The van der Waals surface area contributed by atoms with Gasteiger partial charge in [-0.05, 0) is 24.5 Å². The molecule has 1 unspecified atom stereocenters. The molecule has 1 aromatic rings. The first-order valence-electron chi connectivity index (χ1n) is 6.55. The molecule has 0 saturated heterocycles. The van der Waals surface area contributed by atoms with E-state index in [1.165, 1.54) is 0 Å². The molecule has 0 aliphatic rings. The summed E-state index contributed by atoms with van der Waals surface area (Å²) < 4.78 is 5.45. The number of nitrogens with two attached hydrogens (primary N) is 1. The molecule has 4 nitrogen and oxygen atoms in total. The zero-order valence-electron chi connectivity index (χ0n) is 11.8. The van der Waals surface area contributed by atoms with Crippen LogP contribution in [0, 0.1) is 5.92 Å². The van der Waals surface area contributed by atoms with Gasteiger partial charge in [-0.2, -0.15) is 0 Å². The Morgan fingerprint density at radius 1 is 1.44 bits per heavy atom. The van der Waals surface area contributed by atoms with E-state index in [1.54, 1.807) is 18.0 Å². The minimum Gasteiger partial charge on any atom is -0.456 e. The maximum absolute atomic E-state index is 12.0. The second-order valence-corrected chi connectivity index (χ2v) is 5.04. The third-order valence-electron chi connectivity index (χ3n) is 3.22. The number of rotatable bonds is 6. The lowest BCUT2D eigenvalue weighted by Crippen LogP contribution is -2.34. The highest BCUT2D eigenvalue weighted by atomic mass is 16.4. The molecule has 0 spiro atoms. The van der Waals surface area contributed by atoms with Gasteiger partial charge in [0.25, 0.3) is 5.91 Å². The van der Waals surface area contributed by atoms with Crippen LogP contribution in [0.2, 0.25) is 0 Å². The molecule has 2 N–H and O–H groups in total. The molecule has 1 aromatic heterocycles. The number of amides is 1. The monoisotopic (exact) mass is 252 g/mol. The molecule has 18 heavy (non-hydrogen) atoms. The zero-order chi connectivity index (χ0) is 13.7. The fourth-order valence-electron chi connectivity index (χ4n) is 1.65. The summed E-state index contributed by atoms with van der Waals surface area (Å²) in [4.78, 5) is 13.7. The van der Waals surface area contributed by atoms with Crippen LogP contribution in [0.1, 0.15) is 43.5 Å². The molecule has 1 rings (SSSR count). The van der Waals surface area contributed by atoms with Gasteiger partial charge in [-0.25, -0.2) is 0 Å². The van der Waals surface area contributed by atoms with Gasteiger partial charge < -0.3 is 15.1 Å². The summed E-state index contributed by atoms with van der Waals surface area (Å²) in [6.45, 7) is 6.83. The van der Waals surface area contributed by atoms with Crippen LogP contribution in [0.4, 0.5) is 0 Å². The maximum Gasteiger partial charge on any atom is 0.289 e. The van der Waals surface area contributed by atoms with Crippen molar-refractivity contribution in [2.45, 2.75) is 39.7 Å². The van der Waals surface area contributed by atoms with Crippen molar-refractivity contribution in [3.63, 3.8) is 0 Å². The maximum atomic E-state index is 12.0. The van der Waals surface area contributed by atoms with Crippen LogP contribution >= 0.6 is 0 Å². The largest absolute Gasteiger partial charge is 0.456 e. The van der Waals surface area contributed by atoms with E-state index in [1.807, 2.05) is 13.0 Å². The Balaban J connectivity index is 2.51. The van der Waals surface area contributed by atoms with E-state index in [0.29, 0.717) is 18.2 Å². The first-order chi connectivity index (χ1) is 8.45. The predicted molar refractivity (Wildman–Crippen MR) is 72.5 cm³/mol. The van der Waals surface area contributed by atoms with Gasteiger partial charge in [0.05, 0.1) is 0 Å². The molecule has 1 atom stereocenters. The molecule has 0 aliphatic heterocycles. The van der Waals surface area contributed by atoms with Crippen LogP contribution in [-0.4, -0.2) is 30.4 Å². The number of hydrogen-bond acceptors (Lipinski definition) is 3. The number of hydrogen-bond donors (Lipinski definition) is 1. The highest BCUT2D eigenvalue weighted by molar-refractivity contribution is 5.91. The average Bonchev–Trinajstić information content (AvgIpc) is 2.82. The Morgan fingerprint density at radius 2 is 2.11 bits per heavy atom. The summed E-state index contributed by atoms with van der Waals surface area (Å²) in [6.07, 6.45) is 1.61. The van der Waals surface area contributed by atoms with E-state index < -0.39 is 0 Å². The second-order valence-electron chi connectivity index (χ2n) is 5.04. The molecular weight excluding hydrogens is 228 g/mol. The number of nitrogens with zero attached hydrogens (tertiary/aromatic N) is 1. The third kappa shape index (κ3) is 3.88. The SMILES string of the molecule is CCc1ccc(C(=O)N(C)CCC(N)C(C)C)o1. The van der Waals surface area contributed by atoms with Crippen molar-refractivity contribution in [3.8, 4) is 0 Å². The standard InChI is InChI=1S/C14H24N2O2/c1-5-11-6-7-13(18-11)14(17)16(4)9-8-12(15)10(2)3/h6-7,10,12H,5,8-9,15H2,1-4H3. The normalized spacial score (nSPS) is 12.8. The first-order valence-corrected chi connectivity index (χ1v) is 6.55. The van der Waals surface area contributed by atoms with Crippen molar-refractivity contribution in [3.05, 3.63) is 23.7 Å². The van der Waals surface area contributed by atoms with Gasteiger partial charge in [0.1, 0.15) is 5.76 Å². The van der Waals surface area contributed by atoms with Crippen LogP contribution in [0.3, 0.4) is 0 Å². The smallest absolute Gasteiger partial charge is 0.289 e. The molecule has 0 radical (unpaired) electrons. The Labute approximate surface area is 109 Å². The van der Waals surface area contributed by atoms with E-state index in [0.717, 1.165) is 18.6 Å². The van der Waals surface area contributed by atoms with Crippen LogP contribution in [0.25, 0.3) is 0 Å². The molecule has 4 heteroatoms. The van der Waals surface area contributed by atoms with Crippen LogP contribution in [-0.2, 0) is 6.42 Å². The second kappa shape index (κ2) is 6.59. The van der Waals surface area contributed by atoms with Crippen LogP contribution in [0.5, 0.6) is 0 Å². The van der Waals surface area contributed by atoms with Crippen molar-refractivity contribution < 1.29 is 9.21 Å². The number of aryl methyl sites for hydroxylation is 1. The molecule has 0 aliphatic carbocycles. The Kier molecular flexibility index (Phi) is 5.41. The topological polar surface area (TPSA) is 59.5 Å². The van der Waals surface area contributed by atoms with Gasteiger partial charge in [0.15, 0.2) is 5.76 Å². The highest BCUT2D eigenvalue weighted by Gasteiger charge is 2.17. The summed E-state index contributed by atoms with van der Waals surface area (Å²) in [5.74, 6) is 1.60. The minimum absolute atomic E-state index is 0.0781. The predicted octanol–water partition coefficient (Wildman–Crippen LogP) is 2.29. The quantitative estimate of drug-likeness (QED) is 0.845. The molecule has 1 amide bonds. The summed E-state index contributed by atoms with van der Waals surface area (Å²) in [5, 5.41) is 0. The summed E-state index contributed by atoms with van der Waals surface area (Å²) in [6, 6.07) is 3.71. The number of carbonyl (C=O) groups excluding carboxylic acids is 1. The van der Waals surface area contributed by atoms with Crippen molar-refractivity contribution in [1.82, 2.24) is 4.90 Å². The fourth-order valence-corrected chi connectivity index (χ4v) is 1.65. The third-order valence-corrected chi connectivity index (χ3v) is 3.22. The lowest BCUT2D eigenvalue weighted by Gasteiger charge is -2.20. The molecular formula is C14H24N2O2. The van der Waals surface area contributed by atoms with Crippen LogP contribution in [0.15, 0.2) is 16.5 Å². The zero-order valence-corrected chi connectivity index (χ0v) is 11.8. The number of carbonyl (C=O) groups is 1. The Bertz CT molecular complexity index is 385. The van der Waals surface area contributed by atoms with Crippen molar-refractivity contribution >= 4 is 5.91 Å². The van der Waals surface area contributed by atoms with E-state index >= 15 is 0 Å². The Morgan fingerprint density at radius 3 is 2.61 bits per heavy atom. The molecule has 1 heterocycles. The van der Waals surface area contributed by atoms with Crippen molar-refractivity contribution in [2.75, 3.05) is 13.6 Å². The fraction of sp³-hybridized carbons (Fsp3) is 0.643.